The van der Waals surface area contributed by atoms with E-state index in [0.717, 1.165) is 0 Å². The molecule has 5 heteroatoms. The average Bonchev–Trinajstić information content (AvgIpc) is 2.49. The zero-order chi connectivity index (χ0) is 15.4. The maximum atomic E-state index is 14.1. The third-order valence-electron chi connectivity index (χ3n) is 3.31. The maximum Gasteiger partial charge on any atom is 0.168 e. The Bertz CT molecular complexity index is 632. The molecule has 3 nitrogen and oxygen atoms in total. The fraction of sp³-hybridized carbons (Fsp3) is 0.250. The summed E-state index contributed by atoms with van der Waals surface area (Å²) in [5.74, 6) is -0.587. The van der Waals surface area contributed by atoms with E-state index in [2.05, 4.69) is 0 Å². The number of benzene rings is 2. The zero-order valence-corrected chi connectivity index (χ0v) is 11.9. The second kappa shape index (κ2) is 6.54. The van der Waals surface area contributed by atoms with E-state index in [-0.39, 0.29) is 17.9 Å². The third kappa shape index (κ3) is 3.31. The minimum absolute atomic E-state index is 0.120. The molecular weight excluding hydrogens is 276 g/mol. The van der Waals surface area contributed by atoms with Gasteiger partial charge in [0.1, 0.15) is 0 Å². The molecular formula is C16H17F2NO2. The van der Waals surface area contributed by atoms with Crippen molar-refractivity contribution in [2.24, 2.45) is 5.73 Å². The highest BCUT2D eigenvalue weighted by atomic mass is 19.1. The van der Waals surface area contributed by atoms with E-state index in [1.165, 1.54) is 26.4 Å². The normalized spacial score (nSPS) is 12.0. The van der Waals surface area contributed by atoms with Crippen LogP contribution in [-0.4, -0.2) is 14.2 Å². The van der Waals surface area contributed by atoms with Gasteiger partial charge in [-0.3, -0.25) is 0 Å². The third-order valence-corrected chi connectivity index (χ3v) is 3.31. The lowest BCUT2D eigenvalue weighted by Crippen LogP contribution is -2.14. The molecule has 2 aromatic rings. The zero-order valence-electron chi connectivity index (χ0n) is 11.9. The lowest BCUT2D eigenvalue weighted by atomic mass is 9.99. The first-order valence-electron chi connectivity index (χ1n) is 6.47. The fourth-order valence-corrected chi connectivity index (χ4v) is 2.13. The van der Waals surface area contributed by atoms with Crippen molar-refractivity contribution in [3.05, 3.63) is 59.2 Å². The molecule has 21 heavy (non-hydrogen) atoms. The molecule has 0 amide bonds. The number of rotatable bonds is 5. The first-order valence-corrected chi connectivity index (χ1v) is 6.47. The Kier molecular flexibility index (Phi) is 4.75. The molecule has 0 bridgehead atoms. The van der Waals surface area contributed by atoms with E-state index < -0.39 is 17.7 Å². The van der Waals surface area contributed by atoms with Crippen LogP contribution in [0.15, 0.2) is 36.4 Å². The van der Waals surface area contributed by atoms with Gasteiger partial charge in [-0.05, 0) is 35.7 Å². The van der Waals surface area contributed by atoms with E-state index in [1.54, 1.807) is 24.3 Å². The van der Waals surface area contributed by atoms with Crippen LogP contribution in [0.25, 0.3) is 0 Å². The monoisotopic (exact) mass is 293 g/mol. The number of methoxy groups -OCH3 is 2. The molecule has 0 heterocycles. The smallest absolute Gasteiger partial charge is 0.168 e. The van der Waals surface area contributed by atoms with Gasteiger partial charge in [-0.15, -0.1) is 0 Å². The van der Waals surface area contributed by atoms with Crippen molar-refractivity contribution < 1.29 is 18.3 Å². The molecule has 2 N–H and O–H groups in total. The van der Waals surface area contributed by atoms with Crippen LogP contribution in [0.2, 0.25) is 0 Å². The Morgan fingerprint density at radius 1 is 1.05 bits per heavy atom. The molecule has 0 fully saturated rings. The van der Waals surface area contributed by atoms with Crippen molar-refractivity contribution >= 4 is 0 Å². The number of hydrogen-bond acceptors (Lipinski definition) is 3. The van der Waals surface area contributed by atoms with E-state index in [9.17, 15) is 8.78 Å². The van der Waals surface area contributed by atoms with Crippen LogP contribution in [0.4, 0.5) is 8.78 Å². The molecule has 0 aliphatic heterocycles. The molecule has 1 atom stereocenters. The Morgan fingerprint density at radius 3 is 2.43 bits per heavy atom. The predicted molar refractivity (Wildman–Crippen MR) is 76.5 cm³/mol. The largest absolute Gasteiger partial charge is 0.494 e. The standard InChI is InChI=1S/C16H17F2NO2/c1-20-14-5-3-4-11(16(14)18)8-13(19)10-6-7-12(17)15(9-10)21-2/h3-7,9,13H,8,19H2,1-2H3. The van der Waals surface area contributed by atoms with Gasteiger partial charge in [-0.25, -0.2) is 8.78 Å². The summed E-state index contributed by atoms with van der Waals surface area (Å²) in [7, 11) is 2.79. The van der Waals surface area contributed by atoms with E-state index in [1.807, 2.05) is 0 Å². The van der Waals surface area contributed by atoms with Crippen LogP contribution in [0.5, 0.6) is 11.5 Å². The van der Waals surface area contributed by atoms with Crippen molar-refractivity contribution in [1.29, 1.82) is 0 Å². The minimum Gasteiger partial charge on any atom is -0.494 e. The Morgan fingerprint density at radius 2 is 1.76 bits per heavy atom. The van der Waals surface area contributed by atoms with E-state index in [0.29, 0.717) is 11.1 Å². The van der Waals surface area contributed by atoms with Crippen molar-refractivity contribution in [3.8, 4) is 11.5 Å². The van der Waals surface area contributed by atoms with Crippen LogP contribution in [-0.2, 0) is 6.42 Å². The predicted octanol–water partition coefficient (Wildman–Crippen LogP) is 3.22. The molecule has 1 unspecified atom stereocenters. The van der Waals surface area contributed by atoms with Crippen LogP contribution in [0.3, 0.4) is 0 Å². The number of nitrogens with two attached hydrogens (primary N) is 1. The molecule has 0 radical (unpaired) electrons. The highest BCUT2D eigenvalue weighted by Crippen LogP contribution is 2.26. The van der Waals surface area contributed by atoms with Crippen molar-refractivity contribution in [2.45, 2.75) is 12.5 Å². The molecule has 0 spiro atoms. The lowest BCUT2D eigenvalue weighted by molar-refractivity contribution is 0.382. The van der Waals surface area contributed by atoms with Gasteiger partial charge < -0.3 is 15.2 Å². The van der Waals surface area contributed by atoms with Gasteiger partial charge in [0, 0.05) is 6.04 Å². The molecule has 0 saturated carbocycles. The van der Waals surface area contributed by atoms with E-state index in [4.69, 9.17) is 15.2 Å². The highest BCUT2D eigenvalue weighted by Gasteiger charge is 2.15. The van der Waals surface area contributed by atoms with Crippen molar-refractivity contribution in [3.63, 3.8) is 0 Å². The van der Waals surface area contributed by atoms with Gasteiger partial charge in [-0.1, -0.05) is 18.2 Å². The lowest BCUT2D eigenvalue weighted by Gasteiger charge is -2.15. The second-order valence-electron chi connectivity index (χ2n) is 4.64. The summed E-state index contributed by atoms with van der Waals surface area (Å²) in [6.45, 7) is 0. The van der Waals surface area contributed by atoms with E-state index >= 15 is 0 Å². The summed E-state index contributed by atoms with van der Waals surface area (Å²) in [5.41, 5.74) is 7.20. The van der Waals surface area contributed by atoms with Gasteiger partial charge in [0.25, 0.3) is 0 Å². The molecule has 2 aromatic carbocycles. The van der Waals surface area contributed by atoms with Crippen molar-refractivity contribution in [1.82, 2.24) is 0 Å². The topological polar surface area (TPSA) is 44.5 Å². The molecule has 0 aliphatic rings. The number of hydrogen-bond donors (Lipinski definition) is 1. The summed E-state index contributed by atoms with van der Waals surface area (Å²) in [5, 5.41) is 0. The summed E-state index contributed by atoms with van der Waals surface area (Å²) < 4.78 is 37.3. The Balaban J connectivity index is 2.24. The Hall–Kier alpha value is -2.14. The summed E-state index contributed by atoms with van der Waals surface area (Å²) in [4.78, 5) is 0. The molecule has 0 aliphatic carbocycles. The summed E-state index contributed by atoms with van der Waals surface area (Å²) in [6, 6.07) is 8.81. The maximum absolute atomic E-state index is 14.1. The number of ether oxygens (including phenoxy) is 2. The fourth-order valence-electron chi connectivity index (χ4n) is 2.13. The molecule has 0 saturated heterocycles. The molecule has 0 aromatic heterocycles. The minimum atomic E-state index is -0.471. The van der Waals surface area contributed by atoms with Gasteiger partial charge in [-0.2, -0.15) is 0 Å². The van der Waals surface area contributed by atoms with Gasteiger partial charge in [0.2, 0.25) is 0 Å². The SMILES string of the molecule is COc1cc(C(N)Cc2cccc(OC)c2F)ccc1F. The molecule has 2 rings (SSSR count). The first-order chi connectivity index (χ1) is 10.1. The van der Waals surface area contributed by atoms with Crippen LogP contribution >= 0.6 is 0 Å². The first kappa shape index (κ1) is 15.3. The van der Waals surface area contributed by atoms with Gasteiger partial charge in [0.15, 0.2) is 23.1 Å². The van der Waals surface area contributed by atoms with Crippen molar-refractivity contribution in [2.75, 3.05) is 14.2 Å². The Labute approximate surface area is 122 Å². The van der Waals surface area contributed by atoms with Crippen LogP contribution in [0, 0.1) is 11.6 Å². The number of halogens is 2. The highest BCUT2D eigenvalue weighted by molar-refractivity contribution is 5.35. The van der Waals surface area contributed by atoms with Gasteiger partial charge in [0.05, 0.1) is 14.2 Å². The van der Waals surface area contributed by atoms with Gasteiger partial charge >= 0.3 is 0 Å². The average molecular weight is 293 g/mol. The quantitative estimate of drug-likeness (QED) is 0.920. The van der Waals surface area contributed by atoms with Crippen LogP contribution in [0.1, 0.15) is 17.2 Å². The molecule has 112 valence electrons. The van der Waals surface area contributed by atoms with Crippen LogP contribution < -0.4 is 15.2 Å². The summed E-state index contributed by atoms with van der Waals surface area (Å²) in [6.07, 6.45) is 0.276. The summed E-state index contributed by atoms with van der Waals surface area (Å²) >= 11 is 0. The second-order valence-corrected chi connectivity index (χ2v) is 4.64.